The number of aryl methyl sites for hydroxylation is 1. The first-order valence-corrected chi connectivity index (χ1v) is 10.5. The molecule has 0 fully saturated rings. The number of halogens is 1. The first kappa shape index (κ1) is 20.7. The molecule has 0 saturated heterocycles. The van der Waals surface area contributed by atoms with E-state index >= 15 is 0 Å². The topological polar surface area (TPSA) is 84.5 Å². The lowest BCUT2D eigenvalue weighted by Gasteiger charge is -2.12. The van der Waals surface area contributed by atoms with Gasteiger partial charge in [-0.25, -0.2) is 8.42 Å². The number of ether oxygens (including phenoxy) is 1. The number of amides is 1. The van der Waals surface area contributed by atoms with E-state index in [2.05, 4.69) is 10.0 Å². The summed E-state index contributed by atoms with van der Waals surface area (Å²) in [7, 11) is -2.27. The number of carbonyl (C=O) groups excluding carboxylic acids is 1. The van der Waals surface area contributed by atoms with E-state index in [1.165, 1.54) is 31.4 Å². The molecule has 0 aliphatic rings. The zero-order valence-electron chi connectivity index (χ0n) is 15.8. The summed E-state index contributed by atoms with van der Waals surface area (Å²) in [6.07, 6.45) is 0. The van der Waals surface area contributed by atoms with Crippen molar-refractivity contribution in [1.82, 2.24) is 0 Å². The molecule has 0 spiro atoms. The van der Waals surface area contributed by atoms with Gasteiger partial charge in [0.15, 0.2) is 0 Å². The SMILES string of the molecule is COc1cccc(C(=O)Nc2ccc(S(=O)(=O)Nc3cc(Cl)ccc3C)cc2)c1. The van der Waals surface area contributed by atoms with E-state index in [1.807, 2.05) is 0 Å². The average Bonchev–Trinajstić information content (AvgIpc) is 2.71. The van der Waals surface area contributed by atoms with Crippen LogP contribution in [0.1, 0.15) is 15.9 Å². The number of nitrogens with one attached hydrogen (secondary N) is 2. The first-order chi connectivity index (χ1) is 13.8. The molecule has 3 rings (SSSR count). The highest BCUT2D eigenvalue weighted by atomic mass is 35.5. The van der Waals surface area contributed by atoms with E-state index in [9.17, 15) is 13.2 Å². The number of hydrogen-bond donors (Lipinski definition) is 2. The largest absolute Gasteiger partial charge is 0.497 e. The Balaban J connectivity index is 1.75. The van der Waals surface area contributed by atoms with E-state index in [4.69, 9.17) is 16.3 Å². The van der Waals surface area contributed by atoms with Gasteiger partial charge in [-0.05, 0) is 67.1 Å². The van der Waals surface area contributed by atoms with Crippen LogP contribution < -0.4 is 14.8 Å². The first-order valence-electron chi connectivity index (χ1n) is 8.63. The Labute approximate surface area is 174 Å². The minimum atomic E-state index is -3.80. The summed E-state index contributed by atoms with van der Waals surface area (Å²) < 4.78 is 32.9. The molecule has 0 aliphatic carbocycles. The van der Waals surface area contributed by atoms with Crippen molar-refractivity contribution in [3.8, 4) is 5.75 Å². The molecule has 0 radical (unpaired) electrons. The predicted octanol–water partition coefficient (Wildman–Crippen LogP) is 4.71. The summed E-state index contributed by atoms with van der Waals surface area (Å²) >= 11 is 5.95. The molecular weight excluding hydrogens is 412 g/mol. The molecule has 1 amide bonds. The Morgan fingerprint density at radius 2 is 1.72 bits per heavy atom. The van der Waals surface area contributed by atoms with Gasteiger partial charge in [-0.15, -0.1) is 0 Å². The van der Waals surface area contributed by atoms with Crippen LogP contribution in [0, 0.1) is 6.92 Å². The van der Waals surface area contributed by atoms with Crippen molar-refractivity contribution in [2.24, 2.45) is 0 Å². The molecule has 0 atom stereocenters. The molecule has 0 unspecified atom stereocenters. The summed E-state index contributed by atoms with van der Waals surface area (Å²) in [5.74, 6) is 0.244. The number of anilines is 2. The van der Waals surface area contributed by atoms with E-state index in [1.54, 1.807) is 49.4 Å². The molecule has 2 N–H and O–H groups in total. The molecule has 29 heavy (non-hydrogen) atoms. The number of carbonyl (C=O) groups is 1. The Kier molecular flexibility index (Phi) is 6.10. The quantitative estimate of drug-likeness (QED) is 0.593. The van der Waals surface area contributed by atoms with Gasteiger partial charge in [-0.1, -0.05) is 23.7 Å². The van der Waals surface area contributed by atoms with Gasteiger partial charge < -0.3 is 10.1 Å². The highest BCUT2D eigenvalue weighted by molar-refractivity contribution is 7.92. The van der Waals surface area contributed by atoms with Gasteiger partial charge >= 0.3 is 0 Å². The average molecular weight is 431 g/mol. The smallest absolute Gasteiger partial charge is 0.261 e. The molecule has 8 heteroatoms. The molecule has 6 nitrogen and oxygen atoms in total. The number of rotatable bonds is 6. The number of benzene rings is 3. The van der Waals surface area contributed by atoms with E-state index < -0.39 is 10.0 Å². The van der Waals surface area contributed by atoms with Gasteiger partial charge in [0.05, 0.1) is 17.7 Å². The summed E-state index contributed by atoms with van der Waals surface area (Å²) in [4.78, 5) is 12.4. The molecule has 3 aromatic carbocycles. The third-order valence-corrected chi connectivity index (χ3v) is 5.81. The van der Waals surface area contributed by atoms with Crippen molar-refractivity contribution in [3.63, 3.8) is 0 Å². The fourth-order valence-electron chi connectivity index (χ4n) is 2.59. The van der Waals surface area contributed by atoms with Gasteiger partial charge in [-0.3, -0.25) is 9.52 Å². The standard InChI is InChI=1S/C21H19ClN2O4S/c1-14-6-7-16(22)13-20(14)24-29(26,27)19-10-8-17(9-11-19)23-21(25)15-4-3-5-18(12-15)28-2/h3-13,24H,1-2H3,(H,23,25). The maximum Gasteiger partial charge on any atom is 0.261 e. The second kappa shape index (κ2) is 8.55. The second-order valence-corrected chi connectivity index (χ2v) is 8.39. The highest BCUT2D eigenvalue weighted by Gasteiger charge is 2.16. The molecule has 0 saturated carbocycles. The fraction of sp³-hybridized carbons (Fsp3) is 0.0952. The summed E-state index contributed by atoms with van der Waals surface area (Å²) in [6.45, 7) is 1.78. The lowest BCUT2D eigenvalue weighted by atomic mass is 10.2. The van der Waals surface area contributed by atoms with Crippen molar-refractivity contribution in [2.45, 2.75) is 11.8 Å². The monoisotopic (exact) mass is 430 g/mol. The van der Waals surface area contributed by atoms with E-state index in [-0.39, 0.29) is 10.8 Å². The van der Waals surface area contributed by atoms with Gasteiger partial charge in [-0.2, -0.15) is 0 Å². The minimum Gasteiger partial charge on any atom is -0.497 e. The van der Waals surface area contributed by atoms with Crippen LogP contribution in [0.2, 0.25) is 5.02 Å². The zero-order valence-corrected chi connectivity index (χ0v) is 17.3. The van der Waals surface area contributed by atoms with Gasteiger partial charge in [0, 0.05) is 16.3 Å². The van der Waals surface area contributed by atoms with Crippen LogP contribution >= 0.6 is 11.6 Å². The zero-order chi connectivity index (χ0) is 21.0. The van der Waals surface area contributed by atoms with Crippen molar-refractivity contribution in [1.29, 1.82) is 0 Å². The Bertz CT molecular complexity index is 1150. The highest BCUT2D eigenvalue weighted by Crippen LogP contribution is 2.24. The Hall–Kier alpha value is -3.03. The molecule has 150 valence electrons. The molecule has 3 aromatic rings. The number of hydrogen-bond acceptors (Lipinski definition) is 4. The van der Waals surface area contributed by atoms with Crippen molar-refractivity contribution >= 4 is 38.9 Å². The van der Waals surface area contributed by atoms with Gasteiger partial charge in [0.2, 0.25) is 0 Å². The van der Waals surface area contributed by atoms with Crippen LogP contribution in [0.4, 0.5) is 11.4 Å². The number of sulfonamides is 1. The predicted molar refractivity (Wildman–Crippen MR) is 114 cm³/mol. The maximum atomic E-state index is 12.6. The maximum absolute atomic E-state index is 12.6. The normalized spacial score (nSPS) is 11.0. The minimum absolute atomic E-state index is 0.0660. The lowest BCUT2D eigenvalue weighted by Crippen LogP contribution is -2.14. The van der Waals surface area contributed by atoms with Crippen molar-refractivity contribution < 1.29 is 17.9 Å². The van der Waals surface area contributed by atoms with Crippen LogP contribution in [-0.2, 0) is 10.0 Å². The summed E-state index contributed by atoms with van der Waals surface area (Å²) in [6, 6.07) is 17.6. The molecule has 0 aromatic heterocycles. The summed E-state index contributed by atoms with van der Waals surface area (Å²) in [5, 5.41) is 3.16. The molecule has 0 heterocycles. The van der Waals surface area contributed by atoms with E-state index in [0.717, 1.165) is 5.56 Å². The van der Waals surface area contributed by atoms with Crippen LogP contribution in [-0.4, -0.2) is 21.4 Å². The van der Waals surface area contributed by atoms with Crippen molar-refractivity contribution in [3.05, 3.63) is 82.9 Å². The van der Waals surface area contributed by atoms with Gasteiger partial charge in [0.1, 0.15) is 5.75 Å². The van der Waals surface area contributed by atoms with Crippen LogP contribution in [0.15, 0.2) is 71.6 Å². The molecule has 0 aliphatic heterocycles. The van der Waals surface area contributed by atoms with Gasteiger partial charge in [0.25, 0.3) is 15.9 Å². The lowest BCUT2D eigenvalue weighted by molar-refractivity contribution is 0.102. The Morgan fingerprint density at radius 1 is 1.00 bits per heavy atom. The van der Waals surface area contributed by atoms with Crippen LogP contribution in [0.5, 0.6) is 5.75 Å². The molecular formula is C21H19ClN2O4S. The molecule has 0 bridgehead atoms. The Morgan fingerprint density at radius 3 is 2.41 bits per heavy atom. The van der Waals surface area contributed by atoms with Crippen LogP contribution in [0.25, 0.3) is 0 Å². The number of methoxy groups -OCH3 is 1. The van der Waals surface area contributed by atoms with E-state index in [0.29, 0.717) is 27.7 Å². The van der Waals surface area contributed by atoms with Crippen LogP contribution in [0.3, 0.4) is 0 Å². The third kappa shape index (κ3) is 5.07. The third-order valence-electron chi connectivity index (χ3n) is 4.20. The van der Waals surface area contributed by atoms with Crippen molar-refractivity contribution in [2.75, 3.05) is 17.1 Å². The summed E-state index contributed by atoms with van der Waals surface area (Å²) in [5.41, 5.74) is 2.06. The second-order valence-electron chi connectivity index (χ2n) is 6.28. The fourth-order valence-corrected chi connectivity index (χ4v) is 3.89.